The number of carbonyl (C=O) groups excluding carboxylic acids is 2. The lowest BCUT2D eigenvalue weighted by molar-refractivity contribution is -0.153. The number of ether oxygens (including phenoxy) is 1. The monoisotopic (exact) mass is 354 g/mol. The van der Waals surface area contributed by atoms with Gasteiger partial charge < -0.3 is 15.8 Å². The quantitative estimate of drug-likeness (QED) is 0.781. The molecular formula is C21H26N2O3. The van der Waals surface area contributed by atoms with Crippen molar-refractivity contribution in [3.05, 3.63) is 65.7 Å². The van der Waals surface area contributed by atoms with Crippen LogP contribution in [0.15, 0.2) is 54.6 Å². The van der Waals surface area contributed by atoms with E-state index in [1.807, 2.05) is 51.1 Å². The highest BCUT2D eigenvalue weighted by Gasteiger charge is 2.17. The summed E-state index contributed by atoms with van der Waals surface area (Å²) in [6, 6.07) is 16.1. The number of hydrogen-bond donors (Lipinski definition) is 2. The summed E-state index contributed by atoms with van der Waals surface area (Å²) in [4.78, 5) is 24.1. The van der Waals surface area contributed by atoms with E-state index in [1.165, 1.54) is 0 Å². The number of benzene rings is 2. The fraction of sp³-hybridized carbons (Fsp3) is 0.333. The van der Waals surface area contributed by atoms with E-state index < -0.39 is 11.6 Å². The summed E-state index contributed by atoms with van der Waals surface area (Å²) in [6.45, 7) is 5.51. The second-order valence-electron chi connectivity index (χ2n) is 7.25. The van der Waals surface area contributed by atoms with E-state index in [0.717, 1.165) is 11.1 Å². The number of rotatable bonds is 6. The summed E-state index contributed by atoms with van der Waals surface area (Å²) >= 11 is 0. The van der Waals surface area contributed by atoms with Gasteiger partial charge in [0.15, 0.2) is 0 Å². The van der Waals surface area contributed by atoms with E-state index in [2.05, 4.69) is 5.32 Å². The second-order valence-corrected chi connectivity index (χ2v) is 7.25. The summed E-state index contributed by atoms with van der Waals surface area (Å²) in [5.74, 6) is -0.520. The molecule has 138 valence electrons. The first-order chi connectivity index (χ1) is 12.2. The van der Waals surface area contributed by atoms with Crippen molar-refractivity contribution in [1.82, 2.24) is 0 Å². The molecule has 2 rings (SSSR count). The topological polar surface area (TPSA) is 81.4 Å². The van der Waals surface area contributed by atoms with Crippen LogP contribution < -0.4 is 11.1 Å². The van der Waals surface area contributed by atoms with Crippen LogP contribution in [0.2, 0.25) is 0 Å². The zero-order chi connectivity index (χ0) is 19.2. The molecule has 5 nitrogen and oxygen atoms in total. The fourth-order valence-electron chi connectivity index (χ4n) is 2.45. The molecule has 26 heavy (non-hydrogen) atoms. The van der Waals surface area contributed by atoms with Crippen molar-refractivity contribution < 1.29 is 14.3 Å². The fourth-order valence-corrected chi connectivity index (χ4v) is 2.45. The van der Waals surface area contributed by atoms with E-state index in [9.17, 15) is 9.59 Å². The molecule has 0 aliphatic carbocycles. The van der Waals surface area contributed by atoms with Gasteiger partial charge in [-0.2, -0.15) is 0 Å². The number of carbonyl (C=O) groups is 2. The van der Waals surface area contributed by atoms with Gasteiger partial charge in [-0.25, -0.2) is 0 Å². The van der Waals surface area contributed by atoms with Crippen LogP contribution in [0.4, 0.5) is 5.69 Å². The maximum atomic E-state index is 12.2. The van der Waals surface area contributed by atoms with Crippen LogP contribution in [0, 0.1) is 0 Å². The minimum absolute atomic E-state index is 0.193. The van der Waals surface area contributed by atoms with Crippen molar-refractivity contribution in [1.29, 1.82) is 0 Å². The maximum Gasteiger partial charge on any atom is 0.310 e. The maximum absolute atomic E-state index is 12.2. The first-order valence-electron chi connectivity index (χ1n) is 8.64. The van der Waals surface area contributed by atoms with E-state index >= 15 is 0 Å². The smallest absolute Gasteiger partial charge is 0.310 e. The zero-order valence-corrected chi connectivity index (χ0v) is 15.5. The van der Waals surface area contributed by atoms with Crippen molar-refractivity contribution >= 4 is 17.6 Å². The molecule has 0 radical (unpaired) electrons. The van der Waals surface area contributed by atoms with E-state index in [0.29, 0.717) is 12.1 Å². The summed E-state index contributed by atoms with van der Waals surface area (Å²) in [6.07, 6.45) is 0.669. The largest absolute Gasteiger partial charge is 0.460 e. The first-order valence-corrected chi connectivity index (χ1v) is 8.64. The molecule has 3 N–H and O–H groups in total. The van der Waals surface area contributed by atoms with Gasteiger partial charge in [-0.05, 0) is 50.5 Å². The van der Waals surface area contributed by atoms with E-state index in [4.69, 9.17) is 10.5 Å². The van der Waals surface area contributed by atoms with Gasteiger partial charge in [0.05, 0.1) is 12.5 Å². The average molecular weight is 354 g/mol. The minimum atomic E-state index is -0.626. The molecular weight excluding hydrogens is 328 g/mol. The van der Waals surface area contributed by atoms with Gasteiger partial charge in [0.2, 0.25) is 5.91 Å². The Morgan fingerprint density at radius 1 is 1.00 bits per heavy atom. The molecule has 0 spiro atoms. The first kappa shape index (κ1) is 19.7. The number of hydrogen-bond acceptors (Lipinski definition) is 4. The van der Waals surface area contributed by atoms with Crippen molar-refractivity contribution in [3.8, 4) is 0 Å². The van der Waals surface area contributed by atoms with Gasteiger partial charge in [-0.15, -0.1) is 0 Å². The molecule has 0 saturated heterocycles. The van der Waals surface area contributed by atoms with Crippen LogP contribution in [0.25, 0.3) is 0 Å². The molecule has 0 aliphatic heterocycles. The lowest BCUT2D eigenvalue weighted by Gasteiger charge is -2.19. The Morgan fingerprint density at radius 2 is 1.62 bits per heavy atom. The lowest BCUT2D eigenvalue weighted by atomic mass is 10.1. The van der Waals surface area contributed by atoms with Crippen LogP contribution in [0.1, 0.15) is 31.9 Å². The van der Waals surface area contributed by atoms with E-state index in [-0.39, 0.29) is 18.3 Å². The SMILES string of the molecule is CC(C)(C)OC(=O)Cc1ccc(NC(=O)[C@@H](N)Cc2ccccc2)cc1. The van der Waals surface area contributed by atoms with Gasteiger partial charge >= 0.3 is 5.97 Å². The normalized spacial score (nSPS) is 12.3. The lowest BCUT2D eigenvalue weighted by Crippen LogP contribution is -2.37. The van der Waals surface area contributed by atoms with Gasteiger partial charge in [0.1, 0.15) is 5.60 Å². The molecule has 0 aliphatic rings. The summed E-state index contributed by atoms with van der Waals surface area (Å²) in [5.41, 5.74) is 7.96. The number of anilines is 1. The Hall–Kier alpha value is -2.66. The Balaban J connectivity index is 1.88. The number of amides is 1. The van der Waals surface area contributed by atoms with Crippen LogP contribution in [-0.2, 0) is 27.2 Å². The molecule has 0 aromatic heterocycles. The standard InChI is InChI=1S/C21H26N2O3/c1-21(2,3)26-19(24)14-16-9-11-17(12-10-16)23-20(25)18(22)13-15-7-5-4-6-8-15/h4-12,18H,13-14,22H2,1-3H3,(H,23,25)/t18-/m0/s1. The highest BCUT2D eigenvalue weighted by Crippen LogP contribution is 2.14. The third-order valence-electron chi connectivity index (χ3n) is 3.63. The highest BCUT2D eigenvalue weighted by atomic mass is 16.6. The predicted octanol–water partition coefficient (Wildman–Crippen LogP) is 3.08. The van der Waals surface area contributed by atoms with Crippen molar-refractivity contribution in [3.63, 3.8) is 0 Å². The predicted molar refractivity (Wildman–Crippen MR) is 103 cm³/mol. The summed E-state index contributed by atoms with van der Waals surface area (Å²) in [7, 11) is 0. The van der Waals surface area contributed by atoms with Crippen molar-refractivity contribution in [2.45, 2.75) is 45.3 Å². The van der Waals surface area contributed by atoms with Gasteiger partial charge in [0.25, 0.3) is 0 Å². The van der Waals surface area contributed by atoms with Gasteiger partial charge in [-0.1, -0.05) is 42.5 Å². The van der Waals surface area contributed by atoms with Gasteiger partial charge in [0, 0.05) is 5.69 Å². The molecule has 1 amide bonds. The molecule has 0 saturated carbocycles. The van der Waals surface area contributed by atoms with Crippen molar-refractivity contribution in [2.75, 3.05) is 5.32 Å². The minimum Gasteiger partial charge on any atom is -0.460 e. The zero-order valence-electron chi connectivity index (χ0n) is 15.5. The van der Waals surface area contributed by atoms with E-state index in [1.54, 1.807) is 24.3 Å². The Morgan fingerprint density at radius 3 is 2.19 bits per heavy atom. The Kier molecular flexibility index (Phi) is 6.52. The summed E-state index contributed by atoms with van der Waals surface area (Å²) in [5, 5.41) is 2.80. The van der Waals surface area contributed by atoms with Crippen LogP contribution in [0.3, 0.4) is 0 Å². The Labute approximate surface area is 154 Å². The molecule has 1 atom stereocenters. The highest BCUT2D eigenvalue weighted by molar-refractivity contribution is 5.94. The number of nitrogens with two attached hydrogens (primary N) is 1. The third-order valence-corrected chi connectivity index (χ3v) is 3.63. The van der Waals surface area contributed by atoms with Gasteiger partial charge in [-0.3, -0.25) is 9.59 Å². The summed E-state index contributed by atoms with van der Waals surface area (Å²) < 4.78 is 5.30. The second kappa shape index (κ2) is 8.63. The average Bonchev–Trinajstić information content (AvgIpc) is 2.55. The molecule has 0 fully saturated rings. The molecule has 0 heterocycles. The molecule has 0 bridgehead atoms. The third kappa shape index (κ3) is 6.69. The number of esters is 1. The molecule has 2 aromatic rings. The molecule has 2 aromatic carbocycles. The number of nitrogens with one attached hydrogen (secondary N) is 1. The van der Waals surface area contributed by atoms with Crippen molar-refractivity contribution in [2.24, 2.45) is 5.73 Å². The van der Waals surface area contributed by atoms with Crippen LogP contribution in [-0.4, -0.2) is 23.5 Å². The molecule has 0 unspecified atom stereocenters. The Bertz CT molecular complexity index is 734. The van der Waals surface area contributed by atoms with Crippen LogP contribution in [0.5, 0.6) is 0 Å². The molecule has 5 heteroatoms. The van der Waals surface area contributed by atoms with Crippen LogP contribution >= 0.6 is 0 Å².